The number of hydrogen-bond donors (Lipinski definition) is 1. The van der Waals surface area contributed by atoms with Crippen LogP contribution in [0, 0.1) is 0 Å². The van der Waals surface area contributed by atoms with Gasteiger partial charge in [-0.1, -0.05) is 0 Å². The number of aromatic nitrogens is 3. The first-order valence-corrected chi connectivity index (χ1v) is 7.31. The molecule has 3 aromatic heterocycles. The molecule has 1 aromatic carbocycles. The number of benzene rings is 1. The molecular formula is C15H12N4OS. The minimum atomic E-state index is 0.417. The second-order valence-electron chi connectivity index (χ2n) is 4.64. The van der Waals surface area contributed by atoms with Crippen molar-refractivity contribution in [3.05, 3.63) is 41.8 Å². The predicted octanol–water partition coefficient (Wildman–Crippen LogP) is 3.23. The van der Waals surface area contributed by atoms with E-state index in [2.05, 4.69) is 33.5 Å². The molecule has 0 bridgehead atoms. The summed E-state index contributed by atoms with van der Waals surface area (Å²) in [6, 6.07) is 11.9. The standard InChI is InChI=1S/C15H12N4OS/c1-20-13-5-3-11-14(18-13)19(15(16)17-11)10-2-4-12-9(8-10)6-7-21-12/h2-8H,1H3,(H2,16,17). The summed E-state index contributed by atoms with van der Waals surface area (Å²) in [5, 5.41) is 3.26. The molecule has 104 valence electrons. The molecule has 0 spiro atoms. The van der Waals surface area contributed by atoms with Crippen LogP contribution >= 0.6 is 11.3 Å². The first-order chi connectivity index (χ1) is 10.3. The molecule has 0 unspecified atom stereocenters. The SMILES string of the molecule is COc1ccc2nc(N)n(-c3ccc4sccc4c3)c2n1. The predicted molar refractivity (Wildman–Crippen MR) is 85.2 cm³/mol. The molecule has 0 amide bonds. The Bertz CT molecular complexity index is 957. The Morgan fingerprint density at radius 3 is 2.90 bits per heavy atom. The second-order valence-corrected chi connectivity index (χ2v) is 5.59. The van der Waals surface area contributed by atoms with Crippen molar-refractivity contribution in [3.63, 3.8) is 0 Å². The molecule has 0 aliphatic carbocycles. The van der Waals surface area contributed by atoms with E-state index in [4.69, 9.17) is 10.5 Å². The van der Waals surface area contributed by atoms with Gasteiger partial charge in [0.2, 0.25) is 11.8 Å². The van der Waals surface area contributed by atoms with Crippen LogP contribution in [0.25, 0.3) is 26.9 Å². The van der Waals surface area contributed by atoms with Gasteiger partial charge in [-0.25, -0.2) is 4.98 Å². The van der Waals surface area contributed by atoms with Crippen LogP contribution in [0.3, 0.4) is 0 Å². The molecule has 4 rings (SSSR count). The molecule has 6 heteroatoms. The van der Waals surface area contributed by atoms with Crippen molar-refractivity contribution < 1.29 is 4.74 Å². The molecule has 2 N–H and O–H groups in total. The number of hydrogen-bond acceptors (Lipinski definition) is 5. The lowest BCUT2D eigenvalue weighted by atomic mass is 10.2. The van der Waals surface area contributed by atoms with Crippen molar-refractivity contribution in [2.45, 2.75) is 0 Å². The molecule has 4 aromatic rings. The van der Waals surface area contributed by atoms with E-state index in [0.717, 1.165) is 11.2 Å². The number of nitrogens with two attached hydrogens (primary N) is 1. The average molecular weight is 296 g/mol. The van der Waals surface area contributed by atoms with E-state index in [1.54, 1.807) is 24.5 Å². The van der Waals surface area contributed by atoms with Crippen LogP contribution in [-0.2, 0) is 0 Å². The minimum absolute atomic E-state index is 0.417. The minimum Gasteiger partial charge on any atom is -0.481 e. The number of ether oxygens (including phenoxy) is 1. The van der Waals surface area contributed by atoms with E-state index in [-0.39, 0.29) is 0 Å². The fourth-order valence-corrected chi connectivity index (χ4v) is 3.19. The molecule has 0 atom stereocenters. The van der Waals surface area contributed by atoms with Crippen molar-refractivity contribution in [1.82, 2.24) is 14.5 Å². The smallest absolute Gasteiger partial charge is 0.215 e. The number of anilines is 1. The lowest BCUT2D eigenvalue weighted by Crippen LogP contribution is -2.01. The van der Waals surface area contributed by atoms with Crippen LogP contribution in [0.15, 0.2) is 41.8 Å². The van der Waals surface area contributed by atoms with Gasteiger partial charge in [0, 0.05) is 10.8 Å². The zero-order valence-corrected chi connectivity index (χ0v) is 12.1. The molecular weight excluding hydrogens is 284 g/mol. The zero-order chi connectivity index (χ0) is 14.4. The first-order valence-electron chi connectivity index (χ1n) is 6.43. The van der Waals surface area contributed by atoms with E-state index >= 15 is 0 Å². The fourth-order valence-electron chi connectivity index (χ4n) is 2.42. The maximum atomic E-state index is 6.07. The maximum Gasteiger partial charge on any atom is 0.215 e. The van der Waals surface area contributed by atoms with Crippen molar-refractivity contribution in [2.75, 3.05) is 12.8 Å². The van der Waals surface area contributed by atoms with Gasteiger partial charge in [-0.05, 0) is 41.1 Å². The van der Waals surface area contributed by atoms with Crippen molar-refractivity contribution in [3.8, 4) is 11.6 Å². The Kier molecular flexibility index (Phi) is 2.58. The Balaban J connectivity index is 2.01. The van der Waals surface area contributed by atoms with Gasteiger partial charge in [-0.3, -0.25) is 4.57 Å². The van der Waals surface area contributed by atoms with Crippen LogP contribution in [0.1, 0.15) is 0 Å². The van der Waals surface area contributed by atoms with Gasteiger partial charge in [0.1, 0.15) is 5.52 Å². The van der Waals surface area contributed by atoms with Crippen molar-refractivity contribution >= 4 is 38.5 Å². The summed E-state index contributed by atoms with van der Waals surface area (Å²) in [7, 11) is 1.59. The number of thiophene rings is 1. The highest BCUT2D eigenvalue weighted by Gasteiger charge is 2.13. The Morgan fingerprint density at radius 1 is 1.14 bits per heavy atom. The third-order valence-electron chi connectivity index (χ3n) is 3.41. The van der Waals surface area contributed by atoms with Crippen LogP contribution in [0.2, 0.25) is 0 Å². The second kappa shape index (κ2) is 4.46. The summed E-state index contributed by atoms with van der Waals surface area (Å²) in [5.74, 6) is 0.959. The molecule has 5 nitrogen and oxygen atoms in total. The number of imidazole rings is 1. The summed E-state index contributed by atoms with van der Waals surface area (Å²) in [6.07, 6.45) is 0. The van der Waals surface area contributed by atoms with Gasteiger partial charge in [0.25, 0.3) is 0 Å². The monoisotopic (exact) mass is 296 g/mol. The lowest BCUT2D eigenvalue weighted by molar-refractivity contribution is 0.399. The topological polar surface area (TPSA) is 66.0 Å². The Labute approximate surface area is 124 Å². The number of rotatable bonds is 2. The van der Waals surface area contributed by atoms with Crippen molar-refractivity contribution in [1.29, 1.82) is 0 Å². The molecule has 3 heterocycles. The summed E-state index contributed by atoms with van der Waals surface area (Å²) >= 11 is 1.72. The van der Waals surface area contributed by atoms with E-state index in [1.165, 1.54) is 10.1 Å². The normalized spacial score (nSPS) is 11.3. The summed E-state index contributed by atoms with van der Waals surface area (Å²) in [6.45, 7) is 0. The average Bonchev–Trinajstić information content (AvgIpc) is 3.08. The lowest BCUT2D eigenvalue weighted by Gasteiger charge is -2.06. The molecule has 21 heavy (non-hydrogen) atoms. The van der Waals surface area contributed by atoms with E-state index in [1.807, 2.05) is 16.7 Å². The molecule has 0 saturated carbocycles. The first kappa shape index (κ1) is 12.2. The van der Waals surface area contributed by atoms with Crippen molar-refractivity contribution in [2.24, 2.45) is 0 Å². The highest BCUT2D eigenvalue weighted by atomic mass is 32.1. The Morgan fingerprint density at radius 2 is 2.05 bits per heavy atom. The molecule has 0 aliphatic heterocycles. The maximum absolute atomic E-state index is 6.07. The number of pyridine rings is 1. The summed E-state index contributed by atoms with van der Waals surface area (Å²) in [5.41, 5.74) is 8.46. The van der Waals surface area contributed by atoms with E-state index < -0.39 is 0 Å². The summed E-state index contributed by atoms with van der Waals surface area (Å²) < 4.78 is 8.27. The van der Waals surface area contributed by atoms with Gasteiger partial charge in [-0.15, -0.1) is 11.3 Å². The number of nitrogens with zero attached hydrogens (tertiary/aromatic N) is 3. The molecule has 0 radical (unpaired) electrons. The molecule has 0 aliphatic rings. The third kappa shape index (κ3) is 1.84. The number of nitrogen functional groups attached to an aromatic ring is 1. The van der Waals surface area contributed by atoms with Crippen LogP contribution in [0.4, 0.5) is 5.95 Å². The Hall–Kier alpha value is -2.60. The third-order valence-corrected chi connectivity index (χ3v) is 4.31. The van der Waals surface area contributed by atoms with Crippen LogP contribution in [0.5, 0.6) is 5.88 Å². The molecule has 0 saturated heterocycles. The van der Waals surface area contributed by atoms with Gasteiger partial charge >= 0.3 is 0 Å². The van der Waals surface area contributed by atoms with Crippen LogP contribution < -0.4 is 10.5 Å². The zero-order valence-electron chi connectivity index (χ0n) is 11.3. The van der Waals surface area contributed by atoms with Gasteiger partial charge in [-0.2, -0.15) is 4.98 Å². The number of methoxy groups -OCH3 is 1. The van der Waals surface area contributed by atoms with Gasteiger partial charge < -0.3 is 10.5 Å². The van der Waals surface area contributed by atoms with E-state index in [9.17, 15) is 0 Å². The van der Waals surface area contributed by atoms with Gasteiger partial charge in [0.15, 0.2) is 5.65 Å². The quantitative estimate of drug-likeness (QED) is 0.617. The number of fused-ring (bicyclic) bond motifs is 2. The summed E-state index contributed by atoms with van der Waals surface area (Å²) in [4.78, 5) is 8.82. The fraction of sp³-hybridized carbons (Fsp3) is 0.0667. The molecule has 0 fully saturated rings. The van der Waals surface area contributed by atoms with Crippen LogP contribution in [-0.4, -0.2) is 21.6 Å². The van der Waals surface area contributed by atoms with E-state index in [0.29, 0.717) is 17.5 Å². The highest BCUT2D eigenvalue weighted by Crippen LogP contribution is 2.28. The van der Waals surface area contributed by atoms with Gasteiger partial charge in [0.05, 0.1) is 12.8 Å². The highest BCUT2D eigenvalue weighted by molar-refractivity contribution is 7.17. The largest absolute Gasteiger partial charge is 0.481 e.